The minimum Gasteiger partial charge on any atom is -0.376 e. The molecular formula is C26H26ClN3O4S. The van der Waals surface area contributed by atoms with E-state index < -0.39 is 11.9 Å². The predicted molar refractivity (Wildman–Crippen MR) is 137 cm³/mol. The van der Waals surface area contributed by atoms with Gasteiger partial charge in [-0.25, -0.2) is 0 Å². The van der Waals surface area contributed by atoms with E-state index in [1.807, 2.05) is 18.2 Å². The molecule has 9 heteroatoms. The summed E-state index contributed by atoms with van der Waals surface area (Å²) in [5.74, 6) is -1.14. The maximum absolute atomic E-state index is 13.6. The molecular weight excluding hydrogens is 486 g/mol. The Balaban J connectivity index is 1.63. The number of amides is 3. The summed E-state index contributed by atoms with van der Waals surface area (Å²) in [6.07, 6.45) is 1.79. The zero-order valence-corrected chi connectivity index (χ0v) is 20.6. The van der Waals surface area contributed by atoms with Crippen LogP contribution in [0.5, 0.6) is 0 Å². The molecule has 0 aliphatic carbocycles. The molecule has 182 valence electrons. The minimum absolute atomic E-state index is 0.0456. The van der Waals surface area contributed by atoms with Gasteiger partial charge in [0, 0.05) is 23.9 Å². The molecule has 1 saturated heterocycles. The average molecular weight is 512 g/mol. The number of hydrogen-bond donors (Lipinski definition) is 2. The fourth-order valence-electron chi connectivity index (χ4n) is 3.97. The standard InChI is InChI=1S/C26H26ClN3O4S/c27-19-9-4-10-20(15-19)30(23(31)17-29-25(32)22-12-6-14-35-22)24(18-7-2-1-3-8-18)26(33)28-16-21-11-5-13-34-21/h1-4,6-10,12,14-15,21,24H,5,11,13,16-17H2,(H,28,33)(H,29,32)/t21-,24-/m0/s1. The summed E-state index contributed by atoms with van der Waals surface area (Å²) in [5, 5.41) is 7.84. The maximum atomic E-state index is 13.6. The van der Waals surface area contributed by atoms with Crippen molar-refractivity contribution in [2.45, 2.75) is 25.0 Å². The van der Waals surface area contributed by atoms with Crippen molar-refractivity contribution in [3.8, 4) is 0 Å². The first-order valence-electron chi connectivity index (χ1n) is 11.4. The molecule has 7 nitrogen and oxygen atoms in total. The summed E-state index contributed by atoms with van der Waals surface area (Å²) in [7, 11) is 0. The number of ether oxygens (including phenoxy) is 1. The SMILES string of the molecule is O=C(NCC(=O)N(c1cccc(Cl)c1)[C@H](C(=O)NC[C@@H]1CCCO1)c1ccccc1)c1cccs1. The molecule has 3 aromatic rings. The highest BCUT2D eigenvalue weighted by atomic mass is 35.5. The van der Waals surface area contributed by atoms with Gasteiger partial charge in [0.05, 0.1) is 17.5 Å². The lowest BCUT2D eigenvalue weighted by Crippen LogP contribution is -2.48. The molecule has 35 heavy (non-hydrogen) atoms. The average Bonchev–Trinajstić information content (AvgIpc) is 3.59. The third-order valence-corrected chi connectivity index (χ3v) is 6.75. The molecule has 1 aliphatic heterocycles. The van der Waals surface area contributed by atoms with Crippen LogP contribution in [0.4, 0.5) is 5.69 Å². The van der Waals surface area contributed by atoms with Crippen molar-refractivity contribution in [2.75, 3.05) is 24.6 Å². The fraction of sp³-hybridized carbons (Fsp3) is 0.269. The van der Waals surface area contributed by atoms with Gasteiger partial charge in [0.15, 0.2) is 0 Å². The lowest BCUT2D eigenvalue weighted by molar-refractivity contribution is -0.126. The molecule has 2 aromatic carbocycles. The third-order valence-electron chi connectivity index (χ3n) is 5.65. The van der Waals surface area contributed by atoms with Gasteiger partial charge in [0.25, 0.3) is 5.91 Å². The van der Waals surface area contributed by atoms with E-state index in [4.69, 9.17) is 16.3 Å². The van der Waals surface area contributed by atoms with Crippen LogP contribution in [0.25, 0.3) is 0 Å². The third kappa shape index (κ3) is 6.48. The number of thiophene rings is 1. The Morgan fingerprint density at radius 1 is 1.06 bits per heavy atom. The largest absolute Gasteiger partial charge is 0.376 e. The Bertz CT molecular complexity index is 1150. The Kier molecular flexibility index (Phi) is 8.52. The number of halogens is 1. The molecule has 0 bridgehead atoms. The molecule has 3 amide bonds. The summed E-state index contributed by atoms with van der Waals surface area (Å²) in [4.78, 5) is 41.5. The van der Waals surface area contributed by atoms with Crippen LogP contribution in [0.2, 0.25) is 5.02 Å². The zero-order chi connectivity index (χ0) is 24.6. The summed E-state index contributed by atoms with van der Waals surface area (Å²) in [6, 6.07) is 18.3. The summed E-state index contributed by atoms with van der Waals surface area (Å²) in [6.45, 7) is 0.750. The van der Waals surface area contributed by atoms with Crippen molar-refractivity contribution in [1.82, 2.24) is 10.6 Å². The zero-order valence-electron chi connectivity index (χ0n) is 19.0. The van der Waals surface area contributed by atoms with Gasteiger partial charge in [-0.2, -0.15) is 0 Å². The fourth-order valence-corrected chi connectivity index (χ4v) is 4.79. The minimum atomic E-state index is -0.970. The van der Waals surface area contributed by atoms with E-state index in [-0.39, 0.29) is 24.5 Å². The number of hydrogen-bond acceptors (Lipinski definition) is 5. The second-order valence-corrected chi connectivity index (χ2v) is 9.48. The van der Waals surface area contributed by atoms with Gasteiger partial charge in [-0.1, -0.05) is 54.1 Å². The first kappa shape index (κ1) is 24.9. The molecule has 4 rings (SSSR count). The Hall–Kier alpha value is -3.20. The van der Waals surface area contributed by atoms with E-state index >= 15 is 0 Å². The van der Waals surface area contributed by atoms with Crippen molar-refractivity contribution in [3.63, 3.8) is 0 Å². The molecule has 1 aromatic heterocycles. The first-order valence-corrected chi connectivity index (χ1v) is 12.6. The van der Waals surface area contributed by atoms with Crippen LogP contribution >= 0.6 is 22.9 Å². The van der Waals surface area contributed by atoms with Crippen LogP contribution in [0.1, 0.15) is 34.1 Å². The Morgan fingerprint density at radius 3 is 2.57 bits per heavy atom. The molecule has 2 N–H and O–H groups in total. The van der Waals surface area contributed by atoms with Gasteiger partial charge in [0.1, 0.15) is 6.04 Å². The topological polar surface area (TPSA) is 87.7 Å². The van der Waals surface area contributed by atoms with Crippen molar-refractivity contribution in [3.05, 3.63) is 87.6 Å². The van der Waals surface area contributed by atoms with E-state index in [1.54, 1.807) is 53.9 Å². The molecule has 0 saturated carbocycles. The quantitative estimate of drug-likeness (QED) is 0.450. The number of carbonyl (C=O) groups is 3. The van der Waals surface area contributed by atoms with E-state index in [2.05, 4.69) is 10.6 Å². The van der Waals surface area contributed by atoms with Gasteiger partial charge >= 0.3 is 0 Å². The molecule has 2 atom stereocenters. The van der Waals surface area contributed by atoms with Crippen molar-refractivity contribution in [1.29, 1.82) is 0 Å². The predicted octanol–water partition coefficient (Wildman–Crippen LogP) is 4.20. The van der Waals surface area contributed by atoms with Crippen molar-refractivity contribution >= 4 is 46.3 Å². The summed E-state index contributed by atoms with van der Waals surface area (Å²) in [5.41, 5.74) is 1.09. The van der Waals surface area contributed by atoms with Crippen LogP contribution in [-0.2, 0) is 14.3 Å². The molecule has 0 unspecified atom stereocenters. The van der Waals surface area contributed by atoms with Gasteiger partial charge in [-0.05, 0) is 48.1 Å². The highest BCUT2D eigenvalue weighted by Gasteiger charge is 2.33. The van der Waals surface area contributed by atoms with E-state index in [0.29, 0.717) is 34.3 Å². The van der Waals surface area contributed by atoms with Gasteiger partial charge in [-0.3, -0.25) is 19.3 Å². The van der Waals surface area contributed by atoms with Crippen LogP contribution in [0, 0.1) is 0 Å². The molecule has 0 radical (unpaired) electrons. The lowest BCUT2D eigenvalue weighted by Gasteiger charge is -2.32. The monoisotopic (exact) mass is 511 g/mol. The Morgan fingerprint density at radius 2 is 1.89 bits per heavy atom. The number of rotatable bonds is 9. The number of anilines is 1. The van der Waals surface area contributed by atoms with E-state index in [9.17, 15) is 14.4 Å². The number of nitrogens with one attached hydrogen (secondary N) is 2. The second-order valence-electron chi connectivity index (χ2n) is 8.10. The summed E-state index contributed by atoms with van der Waals surface area (Å²) < 4.78 is 5.64. The smallest absolute Gasteiger partial charge is 0.261 e. The number of carbonyl (C=O) groups excluding carboxylic acids is 3. The highest BCUT2D eigenvalue weighted by molar-refractivity contribution is 7.12. The normalized spacial score (nSPS) is 15.9. The highest BCUT2D eigenvalue weighted by Crippen LogP contribution is 2.30. The first-order chi connectivity index (χ1) is 17.0. The van der Waals surface area contributed by atoms with Crippen molar-refractivity contribution < 1.29 is 19.1 Å². The molecule has 1 fully saturated rings. The second kappa shape index (κ2) is 12.0. The summed E-state index contributed by atoms with van der Waals surface area (Å²) >= 11 is 7.53. The number of nitrogens with zero attached hydrogens (tertiary/aromatic N) is 1. The van der Waals surface area contributed by atoms with Crippen LogP contribution in [0.3, 0.4) is 0 Å². The van der Waals surface area contributed by atoms with Gasteiger partial charge in [0.2, 0.25) is 11.8 Å². The van der Waals surface area contributed by atoms with Crippen LogP contribution in [0.15, 0.2) is 72.1 Å². The molecule has 2 heterocycles. The molecule has 0 spiro atoms. The van der Waals surface area contributed by atoms with Gasteiger partial charge in [-0.15, -0.1) is 11.3 Å². The maximum Gasteiger partial charge on any atom is 0.261 e. The van der Waals surface area contributed by atoms with E-state index in [0.717, 1.165) is 12.8 Å². The van der Waals surface area contributed by atoms with Crippen LogP contribution in [-0.4, -0.2) is 43.5 Å². The van der Waals surface area contributed by atoms with Crippen LogP contribution < -0.4 is 15.5 Å². The number of benzene rings is 2. The van der Waals surface area contributed by atoms with E-state index in [1.165, 1.54) is 16.2 Å². The van der Waals surface area contributed by atoms with Gasteiger partial charge < -0.3 is 15.4 Å². The lowest BCUT2D eigenvalue weighted by atomic mass is 10.0. The molecule has 1 aliphatic rings. The van der Waals surface area contributed by atoms with Crippen molar-refractivity contribution in [2.24, 2.45) is 0 Å². The Labute approximate surface area is 213 Å².